The van der Waals surface area contributed by atoms with Crippen molar-refractivity contribution in [2.24, 2.45) is 0 Å². The fraction of sp³-hybridized carbons (Fsp3) is 0.500. The van der Waals surface area contributed by atoms with Crippen LogP contribution in [0.1, 0.15) is 23.9 Å². The minimum atomic E-state index is -4.97. The zero-order valence-electron chi connectivity index (χ0n) is 9.73. The van der Waals surface area contributed by atoms with Gasteiger partial charge in [-0.15, -0.1) is 12.1 Å². The van der Waals surface area contributed by atoms with Gasteiger partial charge >= 0.3 is 6.98 Å². The molecule has 0 aliphatic rings. The molecule has 1 aromatic rings. The van der Waals surface area contributed by atoms with Gasteiger partial charge in [0.2, 0.25) is 0 Å². The number of halogens is 3. The highest BCUT2D eigenvalue weighted by molar-refractivity contribution is 6.66. The molecule has 1 heterocycles. The minimum Gasteiger partial charge on any atom is -0.445 e. The standard InChI is InChI=1S/C10H15BF3N2/c1-5-10-8(3)15-16(9(10)4)6-7(2)11(12,13)14/h2,5-6H2,1,3-4H3/q-1. The van der Waals surface area contributed by atoms with Crippen LogP contribution in [0, 0.1) is 13.8 Å². The normalized spacial score (nSPS) is 11.9. The number of aromatic nitrogens is 2. The van der Waals surface area contributed by atoms with Crippen molar-refractivity contribution in [1.29, 1.82) is 0 Å². The second kappa shape index (κ2) is 4.35. The van der Waals surface area contributed by atoms with Crippen LogP contribution in [0.2, 0.25) is 0 Å². The van der Waals surface area contributed by atoms with Crippen LogP contribution in [0.4, 0.5) is 12.9 Å². The zero-order valence-corrected chi connectivity index (χ0v) is 9.73. The average Bonchev–Trinajstić information content (AvgIpc) is 2.40. The molecule has 90 valence electrons. The first kappa shape index (κ1) is 12.9. The maximum absolute atomic E-state index is 12.4. The monoisotopic (exact) mass is 231 g/mol. The SMILES string of the molecule is C=C(Cn1nc(C)c(CC)c1C)[B-](F)(F)F. The Hall–Kier alpha value is -1.20. The highest BCUT2D eigenvalue weighted by Gasteiger charge is 2.27. The summed E-state index contributed by atoms with van der Waals surface area (Å²) in [5.41, 5.74) is 1.89. The first-order valence-corrected chi connectivity index (χ1v) is 5.17. The maximum atomic E-state index is 12.4. The fourth-order valence-corrected chi connectivity index (χ4v) is 1.70. The topological polar surface area (TPSA) is 17.8 Å². The lowest BCUT2D eigenvalue weighted by Gasteiger charge is -2.18. The highest BCUT2D eigenvalue weighted by atomic mass is 19.4. The molecule has 0 amide bonds. The van der Waals surface area contributed by atoms with Crippen molar-refractivity contribution in [1.82, 2.24) is 9.78 Å². The van der Waals surface area contributed by atoms with Gasteiger partial charge in [0, 0.05) is 12.2 Å². The lowest BCUT2D eigenvalue weighted by molar-refractivity contribution is 0.478. The van der Waals surface area contributed by atoms with Gasteiger partial charge < -0.3 is 12.9 Å². The third-order valence-electron chi connectivity index (χ3n) is 2.70. The summed E-state index contributed by atoms with van der Waals surface area (Å²) in [7, 11) is 0. The summed E-state index contributed by atoms with van der Waals surface area (Å²) in [4.78, 5) is 0. The Morgan fingerprint density at radius 2 is 1.94 bits per heavy atom. The molecular weight excluding hydrogens is 216 g/mol. The van der Waals surface area contributed by atoms with Gasteiger partial charge in [-0.1, -0.05) is 6.92 Å². The molecule has 16 heavy (non-hydrogen) atoms. The van der Waals surface area contributed by atoms with Gasteiger partial charge in [0.15, 0.2) is 0 Å². The number of allylic oxidation sites excluding steroid dienone is 1. The summed E-state index contributed by atoms with van der Waals surface area (Å²) < 4.78 is 38.5. The zero-order chi connectivity index (χ0) is 12.5. The van der Waals surface area contributed by atoms with Crippen LogP contribution in [0.5, 0.6) is 0 Å². The Labute approximate surface area is 93.2 Å². The molecule has 0 fully saturated rings. The van der Waals surface area contributed by atoms with E-state index in [0.717, 1.165) is 23.4 Å². The Morgan fingerprint density at radius 3 is 2.31 bits per heavy atom. The van der Waals surface area contributed by atoms with E-state index in [2.05, 4.69) is 11.7 Å². The summed E-state index contributed by atoms with van der Waals surface area (Å²) in [5, 5.41) is 4.10. The van der Waals surface area contributed by atoms with Crippen LogP contribution in [0.3, 0.4) is 0 Å². The van der Waals surface area contributed by atoms with Crippen molar-refractivity contribution in [3.05, 3.63) is 29.0 Å². The number of hydrogen-bond acceptors (Lipinski definition) is 1. The predicted octanol–water partition coefficient (Wildman–Crippen LogP) is 3.01. The van der Waals surface area contributed by atoms with E-state index in [1.165, 1.54) is 4.68 Å². The first-order valence-electron chi connectivity index (χ1n) is 5.17. The maximum Gasteiger partial charge on any atom is 0.506 e. The summed E-state index contributed by atoms with van der Waals surface area (Å²) in [5.74, 6) is 0. The Morgan fingerprint density at radius 1 is 1.38 bits per heavy atom. The van der Waals surface area contributed by atoms with Crippen LogP contribution in [0.15, 0.2) is 12.1 Å². The number of nitrogens with zero attached hydrogens (tertiary/aromatic N) is 2. The number of aryl methyl sites for hydroxylation is 1. The first-order chi connectivity index (χ1) is 7.27. The van der Waals surface area contributed by atoms with Gasteiger partial charge in [-0.25, -0.2) is 0 Å². The Kier molecular flexibility index (Phi) is 3.50. The molecule has 0 aliphatic heterocycles. The molecule has 6 heteroatoms. The Bertz CT molecular complexity index is 407. The molecule has 0 unspecified atom stereocenters. The molecule has 0 saturated carbocycles. The van der Waals surface area contributed by atoms with E-state index in [9.17, 15) is 12.9 Å². The molecule has 1 aromatic heterocycles. The minimum absolute atomic E-state index is 0.268. The molecule has 0 N–H and O–H groups in total. The molecule has 0 atom stereocenters. The summed E-state index contributed by atoms with van der Waals surface area (Å²) >= 11 is 0. The molecule has 0 aromatic carbocycles. The van der Waals surface area contributed by atoms with E-state index < -0.39 is 12.4 Å². The van der Waals surface area contributed by atoms with Crippen molar-refractivity contribution in [2.75, 3.05) is 0 Å². The quantitative estimate of drug-likeness (QED) is 0.728. The van der Waals surface area contributed by atoms with E-state index in [0.29, 0.717) is 0 Å². The molecular formula is C10H15BF3N2-. The van der Waals surface area contributed by atoms with Gasteiger partial charge in [0.25, 0.3) is 0 Å². The van der Waals surface area contributed by atoms with Gasteiger partial charge in [-0.3, -0.25) is 4.68 Å². The number of hydrogen-bond donors (Lipinski definition) is 0. The predicted molar refractivity (Wildman–Crippen MR) is 59.3 cm³/mol. The van der Waals surface area contributed by atoms with E-state index >= 15 is 0 Å². The van der Waals surface area contributed by atoms with Crippen LogP contribution in [0.25, 0.3) is 0 Å². The van der Waals surface area contributed by atoms with Crippen molar-refractivity contribution < 1.29 is 12.9 Å². The van der Waals surface area contributed by atoms with Gasteiger partial charge in [0.1, 0.15) is 0 Å². The van der Waals surface area contributed by atoms with Gasteiger partial charge in [-0.05, 0) is 25.8 Å². The third kappa shape index (κ3) is 2.48. The van der Waals surface area contributed by atoms with E-state index in [1.807, 2.05) is 13.8 Å². The molecule has 0 radical (unpaired) electrons. The summed E-state index contributed by atoms with van der Waals surface area (Å²) in [6.45, 7) is 3.39. The second-order valence-electron chi connectivity index (χ2n) is 3.89. The highest BCUT2D eigenvalue weighted by Crippen LogP contribution is 2.21. The molecule has 1 rings (SSSR count). The van der Waals surface area contributed by atoms with Crippen LogP contribution in [-0.4, -0.2) is 16.8 Å². The lowest BCUT2D eigenvalue weighted by atomic mass is 9.80. The molecule has 0 aliphatic carbocycles. The van der Waals surface area contributed by atoms with Crippen LogP contribution in [-0.2, 0) is 13.0 Å². The molecule has 0 spiro atoms. The molecule has 0 saturated heterocycles. The molecule has 0 bridgehead atoms. The second-order valence-corrected chi connectivity index (χ2v) is 3.89. The van der Waals surface area contributed by atoms with E-state index in [-0.39, 0.29) is 6.54 Å². The van der Waals surface area contributed by atoms with E-state index in [1.54, 1.807) is 6.92 Å². The molecule has 2 nitrogen and oxygen atoms in total. The van der Waals surface area contributed by atoms with Gasteiger partial charge in [0.05, 0.1) is 5.69 Å². The largest absolute Gasteiger partial charge is 0.506 e. The van der Waals surface area contributed by atoms with Crippen LogP contribution >= 0.6 is 0 Å². The van der Waals surface area contributed by atoms with Gasteiger partial charge in [-0.2, -0.15) is 5.10 Å². The average molecular weight is 231 g/mol. The van der Waals surface area contributed by atoms with Crippen molar-refractivity contribution >= 4 is 6.98 Å². The van der Waals surface area contributed by atoms with Crippen molar-refractivity contribution in [3.63, 3.8) is 0 Å². The van der Waals surface area contributed by atoms with Crippen molar-refractivity contribution in [2.45, 2.75) is 33.7 Å². The smallest absolute Gasteiger partial charge is 0.445 e. The third-order valence-corrected chi connectivity index (χ3v) is 2.70. The number of rotatable bonds is 4. The fourth-order valence-electron chi connectivity index (χ4n) is 1.70. The van der Waals surface area contributed by atoms with E-state index in [4.69, 9.17) is 0 Å². The van der Waals surface area contributed by atoms with Crippen molar-refractivity contribution in [3.8, 4) is 0 Å². The lowest BCUT2D eigenvalue weighted by Crippen LogP contribution is -2.23. The summed E-state index contributed by atoms with van der Waals surface area (Å²) in [6, 6.07) is 0. The van der Waals surface area contributed by atoms with Crippen LogP contribution < -0.4 is 0 Å². The Balaban J connectivity index is 2.95. The summed E-state index contributed by atoms with van der Waals surface area (Å²) in [6.07, 6.45) is 0.779.